The van der Waals surface area contributed by atoms with E-state index in [0.717, 1.165) is 36.6 Å². The molecule has 6 nitrogen and oxygen atoms in total. The third-order valence-corrected chi connectivity index (χ3v) is 5.04. The molecule has 1 aliphatic heterocycles. The summed E-state index contributed by atoms with van der Waals surface area (Å²) in [6.07, 6.45) is 1.87. The fraction of sp³-hybridized carbons (Fsp3) is 0.500. The Morgan fingerprint density at radius 1 is 1.44 bits per heavy atom. The van der Waals surface area contributed by atoms with Crippen LogP contribution in [0.1, 0.15) is 43.4 Å². The summed E-state index contributed by atoms with van der Waals surface area (Å²) < 4.78 is 16.1. The van der Waals surface area contributed by atoms with Crippen LogP contribution in [0.3, 0.4) is 0 Å². The standard InChI is InChI=1S/C18H24BrFN6.HI/c1-11(2)17-24-16-7-5-13(10-26(16)25-17)23-18(21-3)22-9-12-4-6-14(19)15(20)8-12;/h4,6,8,11,13H,5,7,9-10H2,1-3H3,(H2,21,22,23);1H. The zero-order chi connectivity index (χ0) is 18.7. The first-order valence-corrected chi connectivity index (χ1v) is 9.60. The molecule has 1 unspecified atom stereocenters. The van der Waals surface area contributed by atoms with Crippen LogP contribution in [0, 0.1) is 5.82 Å². The Bertz CT molecular complexity index is 807. The van der Waals surface area contributed by atoms with Crippen molar-refractivity contribution >= 4 is 45.9 Å². The molecular formula is C18H25BrFIN6. The summed E-state index contributed by atoms with van der Waals surface area (Å²) in [4.78, 5) is 8.89. The van der Waals surface area contributed by atoms with Crippen molar-refractivity contribution in [3.8, 4) is 0 Å². The number of nitrogens with zero attached hydrogens (tertiary/aromatic N) is 4. The number of guanidine groups is 1. The van der Waals surface area contributed by atoms with Crippen molar-refractivity contribution in [2.75, 3.05) is 7.05 Å². The third kappa shape index (κ3) is 5.63. The lowest BCUT2D eigenvalue weighted by atomic mass is 10.1. The molecule has 0 radical (unpaired) electrons. The van der Waals surface area contributed by atoms with Gasteiger partial charge in [0, 0.05) is 32.0 Å². The van der Waals surface area contributed by atoms with Crippen LogP contribution < -0.4 is 10.6 Å². The normalized spacial score (nSPS) is 16.7. The SMILES string of the molecule is CN=C(NCc1ccc(Br)c(F)c1)NC1CCc2nc(C(C)C)nn2C1.I. The summed E-state index contributed by atoms with van der Waals surface area (Å²) in [6, 6.07) is 5.34. The first kappa shape index (κ1) is 22.1. The molecule has 1 aromatic carbocycles. The second-order valence-electron chi connectivity index (χ2n) is 6.78. The summed E-state index contributed by atoms with van der Waals surface area (Å²) in [7, 11) is 1.73. The number of benzene rings is 1. The number of aliphatic imine (C=N–C) groups is 1. The van der Waals surface area contributed by atoms with Crippen LogP contribution in [-0.2, 0) is 19.5 Å². The van der Waals surface area contributed by atoms with Gasteiger partial charge in [0.1, 0.15) is 11.6 Å². The van der Waals surface area contributed by atoms with Gasteiger partial charge in [0.15, 0.2) is 11.8 Å². The minimum absolute atomic E-state index is 0. The van der Waals surface area contributed by atoms with Crippen molar-refractivity contribution < 1.29 is 4.39 Å². The van der Waals surface area contributed by atoms with E-state index < -0.39 is 0 Å². The predicted octanol–water partition coefficient (Wildman–Crippen LogP) is 3.60. The molecule has 27 heavy (non-hydrogen) atoms. The van der Waals surface area contributed by atoms with Crippen molar-refractivity contribution in [2.24, 2.45) is 4.99 Å². The number of rotatable bonds is 4. The highest BCUT2D eigenvalue weighted by molar-refractivity contribution is 14.0. The molecule has 2 heterocycles. The maximum Gasteiger partial charge on any atom is 0.191 e. The summed E-state index contributed by atoms with van der Waals surface area (Å²) in [6.45, 7) is 5.48. The molecule has 2 N–H and O–H groups in total. The van der Waals surface area contributed by atoms with Crippen LogP contribution in [0.15, 0.2) is 27.7 Å². The van der Waals surface area contributed by atoms with Crippen molar-refractivity contribution in [1.82, 2.24) is 25.4 Å². The topological polar surface area (TPSA) is 67.1 Å². The number of fused-ring (bicyclic) bond motifs is 1. The lowest BCUT2D eigenvalue weighted by Crippen LogP contribution is -2.46. The van der Waals surface area contributed by atoms with Gasteiger partial charge in [-0.25, -0.2) is 14.1 Å². The van der Waals surface area contributed by atoms with Gasteiger partial charge >= 0.3 is 0 Å². The van der Waals surface area contributed by atoms with Crippen LogP contribution in [0.4, 0.5) is 4.39 Å². The van der Waals surface area contributed by atoms with E-state index in [1.165, 1.54) is 6.07 Å². The summed E-state index contributed by atoms with van der Waals surface area (Å²) in [5.74, 6) is 2.73. The van der Waals surface area contributed by atoms with E-state index in [-0.39, 0.29) is 35.8 Å². The highest BCUT2D eigenvalue weighted by Gasteiger charge is 2.23. The van der Waals surface area contributed by atoms with Gasteiger partial charge in [0.05, 0.1) is 11.0 Å². The molecule has 0 amide bonds. The van der Waals surface area contributed by atoms with Gasteiger partial charge in [-0.3, -0.25) is 4.99 Å². The average Bonchev–Trinajstić information content (AvgIpc) is 3.05. The predicted molar refractivity (Wildman–Crippen MR) is 119 cm³/mol. The van der Waals surface area contributed by atoms with E-state index in [1.807, 2.05) is 10.7 Å². The number of aryl methyl sites for hydroxylation is 1. The smallest absolute Gasteiger partial charge is 0.191 e. The molecule has 0 saturated heterocycles. The van der Waals surface area contributed by atoms with Gasteiger partial charge in [0.2, 0.25) is 0 Å². The molecule has 9 heteroatoms. The first-order valence-electron chi connectivity index (χ1n) is 8.81. The molecule has 148 valence electrons. The summed E-state index contributed by atoms with van der Waals surface area (Å²) in [5, 5.41) is 11.3. The van der Waals surface area contributed by atoms with Crippen LogP contribution in [0.2, 0.25) is 0 Å². The summed E-state index contributed by atoms with van der Waals surface area (Å²) in [5.41, 5.74) is 0.859. The van der Waals surface area contributed by atoms with Crippen LogP contribution in [0.5, 0.6) is 0 Å². The van der Waals surface area contributed by atoms with Gasteiger partial charge in [-0.2, -0.15) is 5.10 Å². The maximum absolute atomic E-state index is 13.6. The fourth-order valence-electron chi connectivity index (χ4n) is 2.91. The molecule has 0 aliphatic carbocycles. The largest absolute Gasteiger partial charge is 0.352 e. The number of hydrogen-bond acceptors (Lipinski definition) is 3. The molecule has 0 saturated carbocycles. The van der Waals surface area contributed by atoms with Crippen molar-refractivity contribution in [3.05, 3.63) is 45.7 Å². The number of hydrogen-bond donors (Lipinski definition) is 2. The van der Waals surface area contributed by atoms with E-state index in [2.05, 4.69) is 55.5 Å². The second-order valence-corrected chi connectivity index (χ2v) is 7.63. The maximum atomic E-state index is 13.6. The quantitative estimate of drug-likeness (QED) is 0.347. The van der Waals surface area contributed by atoms with Crippen molar-refractivity contribution in [1.29, 1.82) is 0 Å². The first-order chi connectivity index (χ1) is 12.5. The molecule has 1 atom stereocenters. The molecule has 0 bridgehead atoms. The molecule has 0 spiro atoms. The Kier molecular flexibility index (Phi) is 8.02. The van der Waals surface area contributed by atoms with Gasteiger partial charge in [-0.05, 0) is 40.0 Å². The Morgan fingerprint density at radius 2 is 2.22 bits per heavy atom. The molecule has 1 aromatic heterocycles. The zero-order valence-electron chi connectivity index (χ0n) is 15.7. The van der Waals surface area contributed by atoms with E-state index in [9.17, 15) is 4.39 Å². The Hall–Kier alpha value is -1.23. The fourth-order valence-corrected chi connectivity index (χ4v) is 3.16. The van der Waals surface area contributed by atoms with Crippen molar-refractivity contribution in [2.45, 2.75) is 51.7 Å². The van der Waals surface area contributed by atoms with Gasteiger partial charge in [-0.15, -0.1) is 24.0 Å². The molecule has 2 aromatic rings. The molecule has 3 rings (SSSR count). The van der Waals surface area contributed by atoms with Crippen LogP contribution in [-0.4, -0.2) is 33.8 Å². The number of nitrogens with one attached hydrogen (secondary N) is 2. The molecule has 1 aliphatic rings. The summed E-state index contributed by atoms with van der Waals surface area (Å²) >= 11 is 3.17. The van der Waals surface area contributed by atoms with Gasteiger partial charge in [0.25, 0.3) is 0 Å². The highest BCUT2D eigenvalue weighted by atomic mass is 127. The lowest BCUT2D eigenvalue weighted by Gasteiger charge is -2.25. The van der Waals surface area contributed by atoms with E-state index in [0.29, 0.717) is 22.9 Å². The monoisotopic (exact) mass is 550 g/mol. The van der Waals surface area contributed by atoms with Crippen LogP contribution >= 0.6 is 39.9 Å². The van der Waals surface area contributed by atoms with E-state index >= 15 is 0 Å². The Labute approximate surface area is 184 Å². The van der Waals surface area contributed by atoms with Gasteiger partial charge in [-0.1, -0.05) is 19.9 Å². The molecule has 0 fully saturated rings. The van der Waals surface area contributed by atoms with E-state index in [4.69, 9.17) is 0 Å². The number of aromatic nitrogens is 3. The lowest BCUT2D eigenvalue weighted by molar-refractivity contribution is 0.391. The highest BCUT2D eigenvalue weighted by Crippen LogP contribution is 2.18. The van der Waals surface area contributed by atoms with E-state index in [1.54, 1.807) is 13.1 Å². The number of halogens is 3. The van der Waals surface area contributed by atoms with Gasteiger partial charge < -0.3 is 10.6 Å². The Morgan fingerprint density at radius 3 is 2.89 bits per heavy atom. The molecular weight excluding hydrogens is 526 g/mol. The zero-order valence-corrected chi connectivity index (χ0v) is 19.6. The average molecular weight is 551 g/mol. The minimum atomic E-state index is -0.265. The third-order valence-electron chi connectivity index (χ3n) is 4.40. The Balaban J connectivity index is 0.00000261. The second kappa shape index (κ2) is 9.81. The minimum Gasteiger partial charge on any atom is -0.352 e. The van der Waals surface area contributed by atoms with Crippen LogP contribution in [0.25, 0.3) is 0 Å². The van der Waals surface area contributed by atoms with Crippen molar-refractivity contribution in [3.63, 3.8) is 0 Å².